The third-order valence-corrected chi connectivity index (χ3v) is 4.50. The summed E-state index contributed by atoms with van der Waals surface area (Å²) in [7, 11) is 5.68. The van der Waals surface area contributed by atoms with Crippen LogP contribution in [-0.4, -0.2) is 70.4 Å². The second-order valence-electron chi connectivity index (χ2n) is 7.66. The molecule has 0 spiro atoms. The Morgan fingerprint density at radius 3 is 2.46 bits per heavy atom. The molecule has 1 unspecified atom stereocenters. The molecule has 162 valence electrons. The Labute approximate surface area is 188 Å². The summed E-state index contributed by atoms with van der Waals surface area (Å²) in [6.45, 7) is 11.1. The van der Waals surface area contributed by atoms with Crippen molar-refractivity contribution >= 4 is 29.9 Å². The Hall–Kier alpha value is -0.900. The van der Waals surface area contributed by atoms with Crippen LogP contribution < -0.4 is 16.0 Å². The molecule has 1 aromatic rings. The van der Waals surface area contributed by atoms with Gasteiger partial charge in [0.15, 0.2) is 5.96 Å². The van der Waals surface area contributed by atoms with Gasteiger partial charge in [0.25, 0.3) is 0 Å². The topological polar surface area (TPSA) is 60.9 Å². The lowest BCUT2D eigenvalue weighted by Crippen LogP contribution is -2.52. The summed E-state index contributed by atoms with van der Waals surface area (Å²) in [5.41, 5.74) is 1.23. The molecule has 0 aliphatic carbocycles. The van der Waals surface area contributed by atoms with Crippen LogP contribution in [0.25, 0.3) is 0 Å². The molecule has 1 aromatic carbocycles. The summed E-state index contributed by atoms with van der Waals surface area (Å²) in [5, 5.41) is 10.5. The van der Waals surface area contributed by atoms with Gasteiger partial charge in [-0.2, -0.15) is 0 Å². The zero-order chi connectivity index (χ0) is 20.1. The molecule has 0 amide bonds. The van der Waals surface area contributed by atoms with E-state index in [1.807, 2.05) is 13.1 Å². The molecule has 0 saturated heterocycles. The second kappa shape index (κ2) is 15.0. The Morgan fingerprint density at radius 1 is 1.18 bits per heavy atom. The fourth-order valence-corrected chi connectivity index (χ4v) is 2.94. The Balaban J connectivity index is 0.00000729. The average molecular weight is 505 g/mol. The van der Waals surface area contributed by atoms with Crippen LogP contribution in [-0.2, 0) is 4.74 Å². The van der Waals surface area contributed by atoms with E-state index in [0.717, 1.165) is 45.2 Å². The van der Waals surface area contributed by atoms with Gasteiger partial charge in [0.2, 0.25) is 0 Å². The number of aliphatic imine (C=N–C) groups is 1. The van der Waals surface area contributed by atoms with Gasteiger partial charge in [0, 0.05) is 58.5 Å². The number of guanidine groups is 1. The van der Waals surface area contributed by atoms with Crippen LogP contribution in [0, 0.1) is 0 Å². The fraction of sp³-hybridized carbons (Fsp3) is 0.667. The highest BCUT2D eigenvalue weighted by Crippen LogP contribution is 2.15. The molecule has 6 nitrogen and oxygen atoms in total. The monoisotopic (exact) mass is 505 g/mol. The van der Waals surface area contributed by atoms with Gasteiger partial charge in [-0.05, 0) is 39.8 Å². The number of likely N-dealkylation sites (N-methyl/N-ethyl adjacent to an activating group) is 1. The van der Waals surface area contributed by atoms with Crippen molar-refractivity contribution in [2.45, 2.75) is 38.8 Å². The third-order valence-electron chi connectivity index (χ3n) is 4.50. The SMILES string of the molecule is CN=C(NCCN(C)CCCOC)NCC(C)(C)NC(C)c1ccccc1.I. The van der Waals surface area contributed by atoms with Gasteiger partial charge in [-0.3, -0.25) is 4.99 Å². The summed E-state index contributed by atoms with van der Waals surface area (Å²) in [6.07, 6.45) is 1.05. The maximum Gasteiger partial charge on any atom is 0.191 e. The van der Waals surface area contributed by atoms with Gasteiger partial charge in [0.05, 0.1) is 0 Å². The van der Waals surface area contributed by atoms with Gasteiger partial charge in [0.1, 0.15) is 0 Å². The van der Waals surface area contributed by atoms with E-state index >= 15 is 0 Å². The summed E-state index contributed by atoms with van der Waals surface area (Å²) in [5.74, 6) is 0.836. The van der Waals surface area contributed by atoms with Crippen LogP contribution in [0.15, 0.2) is 35.3 Å². The van der Waals surface area contributed by atoms with E-state index in [0.29, 0.717) is 6.04 Å². The zero-order valence-corrected chi connectivity index (χ0v) is 20.7. The van der Waals surface area contributed by atoms with E-state index in [4.69, 9.17) is 4.74 Å². The molecule has 28 heavy (non-hydrogen) atoms. The van der Waals surface area contributed by atoms with Gasteiger partial charge >= 0.3 is 0 Å². The van der Waals surface area contributed by atoms with E-state index in [1.54, 1.807) is 7.11 Å². The number of benzene rings is 1. The van der Waals surface area contributed by atoms with Crippen molar-refractivity contribution in [3.63, 3.8) is 0 Å². The summed E-state index contributed by atoms with van der Waals surface area (Å²) < 4.78 is 5.09. The number of methoxy groups -OCH3 is 1. The first kappa shape index (κ1) is 27.1. The standard InChI is InChI=1S/C21H39N5O.HI/c1-18(19-11-8-7-9-12-19)25-21(2,3)17-24-20(22-4)23-13-15-26(5)14-10-16-27-6;/h7-9,11-12,18,25H,10,13-17H2,1-6H3,(H2,22,23,24);1H. The minimum absolute atomic E-state index is 0. The zero-order valence-electron chi connectivity index (χ0n) is 18.4. The first-order valence-electron chi connectivity index (χ1n) is 9.82. The number of ether oxygens (including phenoxy) is 1. The molecule has 0 aromatic heterocycles. The van der Waals surface area contributed by atoms with Crippen LogP contribution in [0.2, 0.25) is 0 Å². The highest BCUT2D eigenvalue weighted by atomic mass is 127. The van der Waals surface area contributed by atoms with E-state index in [-0.39, 0.29) is 29.5 Å². The number of hydrogen-bond acceptors (Lipinski definition) is 4. The first-order chi connectivity index (χ1) is 12.9. The van der Waals surface area contributed by atoms with Crippen molar-refractivity contribution in [2.24, 2.45) is 4.99 Å². The Kier molecular flexibility index (Phi) is 14.5. The Morgan fingerprint density at radius 2 is 1.86 bits per heavy atom. The molecular formula is C21H40IN5O. The minimum Gasteiger partial charge on any atom is -0.385 e. The van der Waals surface area contributed by atoms with Gasteiger partial charge in [-0.1, -0.05) is 30.3 Å². The van der Waals surface area contributed by atoms with E-state index in [9.17, 15) is 0 Å². The van der Waals surface area contributed by atoms with Crippen LogP contribution in [0.3, 0.4) is 0 Å². The molecule has 1 rings (SSSR count). The van der Waals surface area contributed by atoms with E-state index in [1.165, 1.54) is 5.56 Å². The van der Waals surface area contributed by atoms with Crippen LogP contribution in [0.4, 0.5) is 0 Å². The maximum atomic E-state index is 5.09. The van der Waals surface area contributed by atoms with Crippen LogP contribution in [0.1, 0.15) is 38.8 Å². The third kappa shape index (κ3) is 11.8. The quantitative estimate of drug-likeness (QED) is 0.177. The normalized spacial score (nSPS) is 13.2. The average Bonchev–Trinajstić information content (AvgIpc) is 2.65. The molecule has 0 heterocycles. The van der Waals surface area contributed by atoms with E-state index < -0.39 is 0 Å². The predicted octanol–water partition coefficient (Wildman–Crippen LogP) is 2.87. The van der Waals surface area contributed by atoms with Crippen molar-refractivity contribution in [2.75, 3.05) is 54.0 Å². The van der Waals surface area contributed by atoms with Crippen LogP contribution in [0.5, 0.6) is 0 Å². The van der Waals surface area contributed by atoms with Crippen molar-refractivity contribution in [3.05, 3.63) is 35.9 Å². The van der Waals surface area contributed by atoms with Crippen molar-refractivity contribution in [1.82, 2.24) is 20.9 Å². The number of nitrogens with zero attached hydrogens (tertiary/aromatic N) is 2. The molecule has 3 N–H and O–H groups in total. The highest BCUT2D eigenvalue weighted by molar-refractivity contribution is 14.0. The van der Waals surface area contributed by atoms with Crippen molar-refractivity contribution in [1.29, 1.82) is 0 Å². The molecule has 1 atom stereocenters. The summed E-state index contributed by atoms with van der Waals surface area (Å²) in [6, 6.07) is 10.8. The molecule has 0 fully saturated rings. The van der Waals surface area contributed by atoms with Gasteiger partial charge in [-0.15, -0.1) is 24.0 Å². The van der Waals surface area contributed by atoms with E-state index in [2.05, 4.69) is 77.9 Å². The maximum absolute atomic E-state index is 5.09. The lowest BCUT2D eigenvalue weighted by molar-refractivity contribution is 0.180. The number of rotatable bonds is 12. The lowest BCUT2D eigenvalue weighted by atomic mass is 10.0. The number of hydrogen-bond donors (Lipinski definition) is 3. The highest BCUT2D eigenvalue weighted by Gasteiger charge is 2.21. The molecule has 0 saturated carbocycles. The molecule has 7 heteroatoms. The first-order valence-corrected chi connectivity index (χ1v) is 9.82. The summed E-state index contributed by atoms with van der Waals surface area (Å²) in [4.78, 5) is 6.63. The molecule has 0 radical (unpaired) electrons. The minimum atomic E-state index is -0.0657. The fourth-order valence-electron chi connectivity index (χ4n) is 2.94. The van der Waals surface area contributed by atoms with Crippen LogP contribution >= 0.6 is 24.0 Å². The molecular weight excluding hydrogens is 465 g/mol. The molecule has 0 aliphatic heterocycles. The molecule has 0 bridgehead atoms. The summed E-state index contributed by atoms with van der Waals surface area (Å²) >= 11 is 0. The number of nitrogens with one attached hydrogen (secondary N) is 3. The molecule has 0 aliphatic rings. The van der Waals surface area contributed by atoms with Gasteiger partial charge < -0.3 is 25.6 Å². The second-order valence-corrected chi connectivity index (χ2v) is 7.66. The Bertz CT molecular complexity index is 539. The number of halogens is 1. The van der Waals surface area contributed by atoms with Gasteiger partial charge in [-0.25, -0.2) is 0 Å². The van der Waals surface area contributed by atoms with Crippen molar-refractivity contribution in [3.8, 4) is 0 Å². The largest absolute Gasteiger partial charge is 0.385 e. The smallest absolute Gasteiger partial charge is 0.191 e. The lowest BCUT2D eigenvalue weighted by Gasteiger charge is -2.31. The predicted molar refractivity (Wildman–Crippen MR) is 131 cm³/mol. The van der Waals surface area contributed by atoms with Crippen molar-refractivity contribution < 1.29 is 4.74 Å².